The van der Waals surface area contributed by atoms with E-state index in [1.54, 1.807) is 0 Å². The van der Waals surface area contributed by atoms with Crippen molar-refractivity contribution < 1.29 is 4.74 Å². The van der Waals surface area contributed by atoms with Crippen LogP contribution in [0, 0.1) is 6.92 Å². The second-order valence-electron chi connectivity index (χ2n) is 6.96. The number of hydrogen-bond donors (Lipinski definition) is 1. The fourth-order valence-corrected chi connectivity index (χ4v) is 4.15. The SMILES string of the molecule is COC1=C(c2ccccc2)CCC1(C)c1c[nH]c2ccc(C)cc12. The summed E-state index contributed by atoms with van der Waals surface area (Å²) < 4.78 is 5.96. The lowest BCUT2D eigenvalue weighted by Gasteiger charge is -2.27. The molecule has 2 aromatic carbocycles. The molecule has 0 spiro atoms. The monoisotopic (exact) mass is 317 g/mol. The standard InChI is InChI=1S/C22H23NO/c1-15-9-10-20-18(13-15)19(14-23-20)22(2)12-11-17(21(22)24-3)16-7-5-4-6-8-16/h4-10,13-14,23H,11-12H2,1-3H3. The zero-order chi connectivity index (χ0) is 16.7. The summed E-state index contributed by atoms with van der Waals surface area (Å²) >= 11 is 0. The van der Waals surface area contributed by atoms with Gasteiger partial charge in [-0.2, -0.15) is 0 Å². The van der Waals surface area contributed by atoms with Gasteiger partial charge in [-0.1, -0.05) is 42.0 Å². The molecule has 0 aliphatic heterocycles. The molecule has 1 unspecified atom stereocenters. The first kappa shape index (κ1) is 15.1. The number of fused-ring (bicyclic) bond motifs is 1. The van der Waals surface area contributed by atoms with Crippen molar-refractivity contribution in [2.24, 2.45) is 0 Å². The highest BCUT2D eigenvalue weighted by atomic mass is 16.5. The summed E-state index contributed by atoms with van der Waals surface area (Å²) in [6.07, 6.45) is 4.28. The third-order valence-electron chi connectivity index (χ3n) is 5.41. The Bertz CT molecular complexity index is 920. The Kier molecular flexibility index (Phi) is 3.49. The van der Waals surface area contributed by atoms with Gasteiger partial charge >= 0.3 is 0 Å². The van der Waals surface area contributed by atoms with Gasteiger partial charge in [-0.15, -0.1) is 0 Å². The van der Waals surface area contributed by atoms with Gasteiger partial charge in [-0.25, -0.2) is 0 Å². The predicted molar refractivity (Wildman–Crippen MR) is 100.0 cm³/mol. The Balaban J connectivity index is 1.90. The highest BCUT2D eigenvalue weighted by Gasteiger charge is 2.41. The second kappa shape index (κ2) is 5.55. The Morgan fingerprint density at radius 3 is 2.62 bits per heavy atom. The van der Waals surface area contributed by atoms with Crippen LogP contribution in [0.1, 0.15) is 36.5 Å². The van der Waals surface area contributed by atoms with E-state index in [0.717, 1.165) is 18.6 Å². The lowest BCUT2D eigenvalue weighted by Crippen LogP contribution is -2.22. The molecule has 0 amide bonds. The number of aryl methyl sites for hydroxylation is 1. The van der Waals surface area contributed by atoms with Gasteiger partial charge in [0.1, 0.15) is 5.76 Å². The van der Waals surface area contributed by atoms with Gasteiger partial charge in [-0.05, 0) is 55.5 Å². The van der Waals surface area contributed by atoms with E-state index in [-0.39, 0.29) is 5.41 Å². The van der Waals surface area contributed by atoms with E-state index in [1.807, 2.05) is 7.11 Å². The summed E-state index contributed by atoms with van der Waals surface area (Å²) in [5.41, 5.74) is 6.34. The molecular weight excluding hydrogens is 294 g/mol. The number of hydrogen-bond acceptors (Lipinski definition) is 1. The second-order valence-corrected chi connectivity index (χ2v) is 6.96. The van der Waals surface area contributed by atoms with Gasteiger partial charge in [0, 0.05) is 17.1 Å². The summed E-state index contributed by atoms with van der Waals surface area (Å²) in [6.45, 7) is 4.46. The average molecular weight is 317 g/mol. The van der Waals surface area contributed by atoms with E-state index in [1.165, 1.54) is 33.2 Å². The van der Waals surface area contributed by atoms with Crippen LogP contribution in [0.4, 0.5) is 0 Å². The van der Waals surface area contributed by atoms with Crippen LogP contribution in [-0.2, 0) is 10.2 Å². The lowest BCUT2D eigenvalue weighted by atomic mass is 9.80. The van der Waals surface area contributed by atoms with Crippen LogP contribution in [0.15, 0.2) is 60.5 Å². The number of aromatic nitrogens is 1. The van der Waals surface area contributed by atoms with E-state index in [0.29, 0.717) is 0 Å². The molecule has 0 radical (unpaired) electrons. The molecule has 3 aromatic rings. The smallest absolute Gasteiger partial charge is 0.110 e. The first-order valence-corrected chi connectivity index (χ1v) is 8.55. The number of methoxy groups -OCH3 is 1. The van der Waals surface area contributed by atoms with Crippen molar-refractivity contribution in [2.75, 3.05) is 7.11 Å². The molecule has 1 heterocycles. The number of benzene rings is 2. The molecule has 0 bridgehead atoms. The Morgan fingerprint density at radius 2 is 1.88 bits per heavy atom. The van der Waals surface area contributed by atoms with Gasteiger partial charge in [-0.3, -0.25) is 0 Å². The first-order valence-electron chi connectivity index (χ1n) is 8.55. The van der Waals surface area contributed by atoms with Crippen molar-refractivity contribution in [2.45, 2.75) is 32.1 Å². The molecule has 2 nitrogen and oxygen atoms in total. The van der Waals surface area contributed by atoms with Gasteiger partial charge < -0.3 is 9.72 Å². The summed E-state index contributed by atoms with van der Waals surface area (Å²) in [5, 5.41) is 1.31. The van der Waals surface area contributed by atoms with E-state index in [9.17, 15) is 0 Å². The van der Waals surface area contributed by atoms with E-state index in [2.05, 4.69) is 73.6 Å². The molecule has 1 atom stereocenters. The van der Waals surface area contributed by atoms with Crippen LogP contribution in [0.3, 0.4) is 0 Å². The van der Waals surface area contributed by atoms with Gasteiger partial charge in [0.15, 0.2) is 0 Å². The normalized spacial score (nSPS) is 20.8. The summed E-state index contributed by atoms with van der Waals surface area (Å²) in [4.78, 5) is 3.44. The van der Waals surface area contributed by atoms with Crippen molar-refractivity contribution in [3.05, 3.63) is 77.2 Å². The minimum Gasteiger partial charge on any atom is -0.500 e. The highest BCUT2D eigenvalue weighted by Crippen LogP contribution is 2.50. The fourth-order valence-electron chi connectivity index (χ4n) is 4.15. The quantitative estimate of drug-likeness (QED) is 0.669. The van der Waals surface area contributed by atoms with E-state index in [4.69, 9.17) is 4.74 Å². The highest BCUT2D eigenvalue weighted by molar-refractivity contribution is 5.87. The van der Waals surface area contributed by atoms with Crippen molar-refractivity contribution >= 4 is 16.5 Å². The van der Waals surface area contributed by atoms with Gasteiger partial charge in [0.25, 0.3) is 0 Å². The first-order chi connectivity index (χ1) is 11.6. The number of rotatable bonds is 3. The third kappa shape index (κ3) is 2.17. The lowest BCUT2D eigenvalue weighted by molar-refractivity contribution is 0.236. The van der Waals surface area contributed by atoms with Crippen LogP contribution in [-0.4, -0.2) is 12.1 Å². The van der Waals surface area contributed by atoms with Crippen LogP contribution in [0.5, 0.6) is 0 Å². The Hall–Kier alpha value is -2.48. The topological polar surface area (TPSA) is 25.0 Å². The van der Waals surface area contributed by atoms with Crippen LogP contribution < -0.4 is 0 Å². The largest absolute Gasteiger partial charge is 0.500 e. The summed E-state index contributed by atoms with van der Waals surface area (Å²) in [6, 6.07) is 17.2. The van der Waals surface area contributed by atoms with Crippen molar-refractivity contribution in [1.29, 1.82) is 0 Å². The average Bonchev–Trinajstić information content (AvgIpc) is 3.17. The number of aromatic amines is 1. The minimum absolute atomic E-state index is 0.0913. The molecule has 1 aliphatic rings. The van der Waals surface area contributed by atoms with Crippen molar-refractivity contribution in [1.82, 2.24) is 4.98 Å². The molecule has 0 saturated carbocycles. The van der Waals surface area contributed by atoms with E-state index >= 15 is 0 Å². The van der Waals surface area contributed by atoms with Gasteiger partial charge in [0.2, 0.25) is 0 Å². The van der Waals surface area contributed by atoms with Crippen LogP contribution >= 0.6 is 0 Å². The fraction of sp³-hybridized carbons (Fsp3) is 0.273. The molecule has 1 aliphatic carbocycles. The minimum atomic E-state index is -0.0913. The molecule has 4 rings (SSSR count). The number of ether oxygens (including phenoxy) is 1. The van der Waals surface area contributed by atoms with Crippen LogP contribution in [0.2, 0.25) is 0 Å². The zero-order valence-electron chi connectivity index (χ0n) is 14.5. The van der Waals surface area contributed by atoms with Crippen molar-refractivity contribution in [3.8, 4) is 0 Å². The molecule has 1 aromatic heterocycles. The maximum Gasteiger partial charge on any atom is 0.110 e. The molecule has 122 valence electrons. The molecular formula is C22H23NO. The molecule has 1 N–H and O–H groups in total. The van der Waals surface area contributed by atoms with Crippen molar-refractivity contribution in [3.63, 3.8) is 0 Å². The summed E-state index contributed by atoms with van der Waals surface area (Å²) in [7, 11) is 1.81. The third-order valence-corrected chi connectivity index (χ3v) is 5.41. The van der Waals surface area contributed by atoms with E-state index < -0.39 is 0 Å². The van der Waals surface area contributed by atoms with Crippen LogP contribution in [0.25, 0.3) is 16.5 Å². The Morgan fingerprint density at radius 1 is 1.08 bits per heavy atom. The Labute approximate surface area is 143 Å². The maximum absolute atomic E-state index is 5.96. The predicted octanol–water partition coefficient (Wildman–Crippen LogP) is 5.59. The number of nitrogens with one attached hydrogen (secondary N) is 1. The number of allylic oxidation sites excluding steroid dienone is 2. The van der Waals surface area contributed by atoms with Gasteiger partial charge in [0.05, 0.1) is 12.5 Å². The maximum atomic E-state index is 5.96. The molecule has 24 heavy (non-hydrogen) atoms. The molecule has 0 fully saturated rings. The summed E-state index contributed by atoms with van der Waals surface area (Å²) in [5.74, 6) is 1.11. The molecule has 0 saturated heterocycles. The number of H-pyrrole nitrogens is 1. The molecule has 2 heteroatoms. The zero-order valence-corrected chi connectivity index (χ0v) is 14.5.